The van der Waals surface area contributed by atoms with Crippen molar-refractivity contribution in [1.29, 1.82) is 0 Å². The molecule has 4 aromatic rings. The van der Waals surface area contributed by atoms with Crippen LogP contribution in [0.4, 0.5) is 10.2 Å². The number of benzene rings is 2. The molecule has 3 heterocycles. The molecule has 0 spiro atoms. The van der Waals surface area contributed by atoms with E-state index >= 15 is 0 Å². The van der Waals surface area contributed by atoms with Crippen LogP contribution >= 0.6 is 11.6 Å². The number of aromatic nitrogens is 3. The Morgan fingerprint density at radius 1 is 1.00 bits per heavy atom. The lowest BCUT2D eigenvalue weighted by atomic mass is 9.98. The summed E-state index contributed by atoms with van der Waals surface area (Å²) in [5.41, 5.74) is 2.68. The molecule has 36 heavy (non-hydrogen) atoms. The second kappa shape index (κ2) is 9.58. The number of halogens is 2. The van der Waals surface area contributed by atoms with E-state index in [1.54, 1.807) is 7.11 Å². The van der Waals surface area contributed by atoms with Gasteiger partial charge in [0.25, 0.3) is 5.91 Å². The summed E-state index contributed by atoms with van der Waals surface area (Å²) in [5.74, 6) is -0.723. The minimum Gasteiger partial charge on any atom is -0.481 e. The number of carbonyl (C=O) groups excluding carboxylic acids is 1. The molecule has 2 aromatic heterocycles. The first-order valence-electron chi connectivity index (χ1n) is 11.3. The van der Waals surface area contributed by atoms with E-state index in [2.05, 4.69) is 16.5 Å². The largest absolute Gasteiger partial charge is 0.481 e. The molecule has 0 atom stereocenters. The van der Waals surface area contributed by atoms with Gasteiger partial charge in [0.2, 0.25) is 5.88 Å². The number of nitrogens with zero attached hydrogens (tertiary/aromatic N) is 5. The second-order valence-electron chi connectivity index (χ2n) is 8.27. The maximum atomic E-state index is 13.3. The van der Waals surface area contributed by atoms with Gasteiger partial charge in [-0.15, -0.1) is 0 Å². The number of methoxy groups -OCH3 is 2. The van der Waals surface area contributed by atoms with E-state index in [0.29, 0.717) is 53.9 Å². The molecule has 1 amide bonds. The normalized spacial score (nSPS) is 13.8. The Bertz CT molecular complexity index is 1500. The molecule has 2 aromatic carbocycles. The maximum absolute atomic E-state index is 13.3. The Morgan fingerprint density at radius 3 is 2.39 bits per heavy atom. The van der Waals surface area contributed by atoms with Crippen molar-refractivity contribution >= 4 is 45.1 Å². The van der Waals surface area contributed by atoms with Crippen molar-refractivity contribution in [2.75, 3.05) is 45.3 Å². The predicted octanol–water partition coefficient (Wildman–Crippen LogP) is 4.65. The Kier molecular flexibility index (Phi) is 6.32. The van der Waals surface area contributed by atoms with Gasteiger partial charge in [-0.1, -0.05) is 48.5 Å². The third-order valence-corrected chi connectivity index (χ3v) is 6.53. The van der Waals surface area contributed by atoms with Gasteiger partial charge in [-0.25, -0.2) is 9.37 Å². The Balaban J connectivity index is 1.63. The molecule has 8 nitrogen and oxygen atoms in total. The highest BCUT2D eigenvalue weighted by Crippen LogP contribution is 2.40. The van der Waals surface area contributed by atoms with Crippen molar-refractivity contribution in [3.05, 3.63) is 59.9 Å². The van der Waals surface area contributed by atoms with Crippen LogP contribution in [-0.4, -0.2) is 66.2 Å². The van der Waals surface area contributed by atoms with Gasteiger partial charge in [0, 0.05) is 42.2 Å². The van der Waals surface area contributed by atoms with Crippen LogP contribution in [0.25, 0.3) is 32.9 Å². The summed E-state index contributed by atoms with van der Waals surface area (Å²) < 4.78 is 24.4. The van der Waals surface area contributed by atoms with Crippen LogP contribution in [-0.2, 0) is 4.79 Å². The molecule has 184 valence electrons. The van der Waals surface area contributed by atoms with Gasteiger partial charge < -0.3 is 19.3 Å². The van der Waals surface area contributed by atoms with Gasteiger partial charge in [0.05, 0.1) is 19.7 Å². The van der Waals surface area contributed by atoms with Gasteiger partial charge in [-0.3, -0.25) is 4.79 Å². The Hall–Kier alpha value is -3.98. The van der Waals surface area contributed by atoms with Crippen LogP contribution < -0.4 is 14.4 Å². The summed E-state index contributed by atoms with van der Waals surface area (Å²) in [6.07, 6.45) is 0. The van der Waals surface area contributed by atoms with Crippen molar-refractivity contribution in [2.45, 2.75) is 0 Å². The number of rotatable bonds is 5. The topological polar surface area (TPSA) is 80.7 Å². The van der Waals surface area contributed by atoms with E-state index in [4.69, 9.17) is 26.1 Å². The zero-order valence-corrected chi connectivity index (χ0v) is 20.5. The van der Waals surface area contributed by atoms with Crippen LogP contribution in [0.2, 0.25) is 5.02 Å². The number of pyridine rings is 1. The fourth-order valence-electron chi connectivity index (χ4n) is 4.48. The maximum Gasteiger partial charge on any atom is 0.318 e. The zero-order chi connectivity index (χ0) is 25.4. The minimum atomic E-state index is -0.968. The van der Waals surface area contributed by atoms with E-state index in [1.165, 1.54) is 12.0 Å². The van der Waals surface area contributed by atoms with Crippen LogP contribution in [0.3, 0.4) is 0 Å². The molecule has 0 aliphatic carbocycles. The number of fused-ring (bicyclic) bond motifs is 2. The molecule has 1 aliphatic heterocycles. The lowest BCUT2D eigenvalue weighted by molar-refractivity contribution is -0.128. The molecule has 0 bridgehead atoms. The highest BCUT2D eigenvalue weighted by Gasteiger charge is 2.27. The van der Waals surface area contributed by atoms with E-state index in [-0.39, 0.29) is 6.01 Å². The number of piperazine rings is 1. The van der Waals surface area contributed by atoms with E-state index in [9.17, 15) is 9.18 Å². The molecule has 10 heteroatoms. The van der Waals surface area contributed by atoms with Crippen molar-refractivity contribution in [2.24, 2.45) is 0 Å². The number of carbonyl (C=O) groups is 1. The molecule has 1 aliphatic rings. The molecular weight excluding hydrogens is 485 g/mol. The molecule has 0 radical (unpaired) electrons. The van der Waals surface area contributed by atoms with Gasteiger partial charge in [-0.05, 0) is 23.1 Å². The van der Waals surface area contributed by atoms with Gasteiger partial charge >= 0.3 is 6.01 Å². The fourth-order valence-corrected chi connectivity index (χ4v) is 4.76. The molecule has 1 fully saturated rings. The summed E-state index contributed by atoms with van der Waals surface area (Å²) >= 11 is 6.58. The average Bonchev–Trinajstić information content (AvgIpc) is 2.91. The summed E-state index contributed by atoms with van der Waals surface area (Å²) in [6.45, 7) is 4.60. The Labute approximate surface area is 211 Å². The summed E-state index contributed by atoms with van der Waals surface area (Å²) in [4.78, 5) is 29.3. The van der Waals surface area contributed by atoms with Crippen LogP contribution in [0.1, 0.15) is 0 Å². The first kappa shape index (κ1) is 23.7. The lowest BCUT2D eigenvalue weighted by Gasteiger charge is -2.35. The number of ether oxygens (including phenoxy) is 2. The average molecular weight is 508 g/mol. The van der Waals surface area contributed by atoms with Crippen LogP contribution in [0, 0.1) is 0 Å². The number of hydrogen-bond acceptors (Lipinski definition) is 7. The molecule has 1 saturated heterocycles. The molecular formula is C26H23ClFN5O3. The second-order valence-corrected chi connectivity index (χ2v) is 8.68. The van der Waals surface area contributed by atoms with Crippen molar-refractivity contribution < 1.29 is 18.7 Å². The van der Waals surface area contributed by atoms with Gasteiger partial charge in [0.15, 0.2) is 11.6 Å². The SMILES string of the molecule is C=C(F)C(=O)N1CCN(c2nc(OC)nc3cc(-c4cccc5cccc(Cl)c45)c(OC)nc23)CC1. The summed E-state index contributed by atoms with van der Waals surface area (Å²) in [7, 11) is 3.05. The van der Waals surface area contributed by atoms with Gasteiger partial charge in [0.1, 0.15) is 5.52 Å². The fraction of sp³-hybridized carbons (Fsp3) is 0.231. The molecule has 0 N–H and O–H groups in total. The standard InChI is InChI=1S/C26H23ClFN5O3/c1-15(28)25(34)33-12-10-32(11-13-33)23-22-20(29-26(31-23)36-3)14-18(24(30-22)35-2)17-8-4-6-16-7-5-9-19(27)21(16)17/h4-9,14H,1,10-13H2,2-3H3. The van der Waals surface area contributed by atoms with E-state index in [1.807, 2.05) is 47.4 Å². The van der Waals surface area contributed by atoms with Gasteiger partial charge in [-0.2, -0.15) is 9.97 Å². The smallest absolute Gasteiger partial charge is 0.318 e. The quantitative estimate of drug-likeness (QED) is 0.364. The third-order valence-electron chi connectivity index (χ3n) is 6.22. The first-order chi connectivity index (χ1) is 17.4. The van der Waals surface area contributed by atoms with Crippen molar-refractivity contribution in [3.63, 3.8) is 0 Å². The molecule has 0 saturated carbocycles. The highest BCUT2D eigenvalue weighted by atomic mass is 35.5. The monoisotopic (exact) mass is 507 g/mol. The van der Waals surface area contributed by atoms with Crippen LogP contribution in [0.15, 0.2) is 54.9 Å². The number of anilines is 1. The van der Waals surface area contributed by atoms with E-state index < -0.39 is 11.7 Å². The number of hydrogen-bond donors (Lipinski definition) is 0. The lowest BCUT2D eigenvalue weighted by Crippen LogP contribution is -2.49. The zero-order valence-electron chi connectivity index (χ0n) is 19.8. The number of amides is 1. The van der Waals surface area contributed by atoms with Crippen molar-refractivity contribution in [3.8, 4) is 23.0 Å². The summed E-state index contributed by atoms with van der Waals surface area (Å²) in [5, 5.41) is 2.50. The minimum absolute atomic E-state index is 0.182. The van der Waals surface area contributed by atoms with E-state index in [0.717, 1.165) is 21.9 Å². The highest BCUT2D eigenvalue weighted by molar-refractivity contribution is 6.36. The molecule has 5 rings (SSSR count). The van der Waals surface area contributed by atoms with Crippen LogP contribution in [0.5, 0.6) is 11.9 Å². The van der Waals surface area contributed by atoms with Crippen molar-refractivity contribution in [1.82, 2.24) is 19.9 Å². The summed E-state index contributed by atoms with van der Waals surface area (Å²) in [6, 6.07) is 13.7. The third kappa shape index (κ3) is 4.15. The first-order valence-corrected chi connectivity index (χ1v) is 11.7. The molecule has 0 unspecified atom stereocenters. The Morgan fingerprint density at radius 2 is 1.72 bits per heavy atom. The predicted molar refractivity (Wildman–Crippen MR) is 137 cm³/mol.